The van der Waals surface area contributed by atoms with Gasteiger partial charge in [-0.15, -0.1) is 20.4 Å². The molecule has 0 saturated carbocycles. The number of pyridine rings is 1. The Hall–Kier alpha value is -8.43. The van der Waals surface area contributed by atoms with Gasteiger partial charge in [0, 0.05) is 106 Å². The number of azo groups is 1. The highest BCUT2D eigenvalue weighted by Gasteiger charge is 2.35. The number of nitrogens with zero attached hydrogens (tertiary/aromatic N) is 10. The number of alkyl halides is 3. The Morgan fingerprint density at radius 3 is 1.56 bits per heavy atom. The topological polar surface area (TPSA) is 255 Å². The number of aromatic nitrogens is 9. The van der Waals surface area contributed by atoms with E-state index in [1.165, 1.54) is 46.7 Å². The molecule has 0 fully saturated rings. The van der Waals surface area contributed by atoms with Gasteiger partial charge in [0.2, 0.25) is 11.8 Å². The molecule has 0 amide bonds. The second kappa shape index (κ2) is 34.9. The van der Waals surface area contributed by atoms with E-state index in [1.54, 1.807) is 27.7 Å². The van der Waals surface area contributed by atoms with E-state index >= 15 is 0 Å². The summed E-state index contributed by atoms with van der Waals surface area (Å²) in [5, 5.41) is 35.2. The van der Waals surface area contributed by atoms with Crippen molar-refractivity contribution in [1.29, 1.82) is 0 Å². The van der Waals surface area contributed by atoms with Gasteiger partial charge in [0.05, 0.1) is 30.8 Å². The highest BCUT2D eigenvalue weighted by Crippen LogP contribution is 2.35. The van der Waals surface area contributed by atoms with Gasteiger partial charge in [-0.25, -0.2) is 4.98 Å². The number of tetrazole rings is 1. The minimum absolute atomic E-state index is 0.00694. The molecule has 0 radical (unpaired) electrons. The molecule has 0 atom stereocenters. The predicted molar refractivity (Wildman–Crippen MR) is 394 cm³/mol. The van der Waals surface area contributed by atoms with Crippen molar-refractivity contribution in [2.75, 3.05) is 6.54 Å². The van der Waals surface area contributed by atoms with Crippen molar-refractivity contribution in [2.24, 2.45) is 41.9 Å². The van der Waals surface area contributed by atoms with E-state index in [2.05, 4.69) is 237 Å². The van der Waals surface area contributed by atoms with Gasteiger partial charge in [-0.05, 0) is 63.3 Å². The van der Waals surface area contributed by atoms with Crippen molar-refractivity contribution in [3.05, 3.63) is 194 Å². The van der Waals surface area contributed by atoms with Gasteiger partial charge in [0.1, 0.15) is 11.3 Å². The number of rotatable bonds is 0. The largest absolute Gasteiger partial charge is 0.444 e. The van der Waals surface area contributed by atoms with Crippen LogP contribution in [0.1, 0.15) is 245 Å². The molecule has 5 aromatic rings. The summed E-state index contributed by atoms with van der Waals surface area (Å²) in [6.07, 6.45) is 12.4. The zero-order valence-electron chi connectivity index (χ0n) is 64.2. The normalized spacial score (nSPS) is 15.0. The van der Waals surface area contributed by atoms with E-state index < -0.39 is 22.7 Å². The molecule has 1 aromatic carbocycles. The number of nitrogens with one attached hydrogen (secondary N) is 5. The number of halogens is 3. The first-order valence-electron chi connectivity index (χ1n) is 32.9. The summed E-state index contributed by atoms with van der Waals surface area (Å²) in [5.74, 6) is 3.64. The number of benzene rings is 1. The number of aryl methyl sites for hydroxylation is 1. The molecule has 22 heteroatoms. The molecule has 0 saturated heterocycles. The summed E-state index contributed by atoms with van der Waals surface area (Å²) in [6, 6.07) is 8.85. The molecule has 5 N–H and O–H groups in total. The number of hydrogen-bond acceptors (Lipinski definition) is 16. The first kappa shape index (κ1) is 85.7. The van der Waals surface area contributed by atoms with E-state index in [9.17, 15) is 22.8 Å². The maximum absolute atomic E-state index is 12.4. The van der Waals surface area contributed by atoms with Gasteiger partial charge in [-0.1, -0.05) is 230 Å². The fourth-order valence-electron chi connectivity index (χ4n) is 8.00. The molecule has 10 rings (SSSR count). The first-order valence-corrected chi connectivity index (χ1v) is 32.9. The molecule has 19 nitrogen and oxygen atoms in total. The van der Waals surface area contributed by atoms with Crippen LogP contribution in [-0.4, -0.2) is 64.2 Å². The van der Waals surface area contributed by atoms with Crippen molar-refractivity contribution in [2.45, 2.75) is 247 Å². The molecule has 5 aliphatic heterocycles. The fraction of sp³-hybridized carbons (Fsp3) is 0.553. The van der Waals surface area contributed by atoms with Crippen LogP contribution in [0.5, 0.6) is 0 Å². The minimum atomic E-state index is -4.60. The number of fused-ring (bicyclic) bond motifs is 1. The maximum atomic E-state index is 12.4. The summed E-state index contributed by atoms with van der Waals surface area (Å²) in [4.78, 5) is 39.1. The maximum Gasteiger partial charge on any atom is 0.421 e. The van der Waals surface area contributed by atoms with Crippen LogP contribution in [0.3, 0.4) is 0 Å². The number of hydrogen-bond donors (Lipinski definition) is 5. The van der Waals surface area contributed by atoms with Crippen molar-refractivity contribution < 1.29 is 22.3 Å². The Labute approximate surface area is 582 Å². The Balaban J connectivity index is 0.000000377. The van der Waals surface area contributed by atoms with Crippen LogP contribution < -0.4 is 21.8 Å². The van der Waals surface area contributed by atoms with Gasteiger partial charge < -0.3 is 29.8 Å². The minimum Gasteiger partial charge on any atom is -0.444 e. The average Bonchev–Trinajstić information content (AvgIpc) is 1.19. The molecule has 9 heterocycles. The lowest BCUT2D eigenvalue weighted by molar-refractivity contribution is -0.138. The lowest BCUT2D eigenvalue weighted by Gasteiger charge is -2.21. The van der Waals surface area contributed by atoms with Gasteiger partial charge in [-0.3, -0.25) is 19.6 Å². The molecule has 0 aliphatic carbocycles. The van der Waals surface area contributed by atoms with Crippen LogP contribution in [0.4, 0.5) is 18.9 Å². The summed E-state index contributed by atoms with van der Waals surface area (Å²) in [5.41, 5.74) is 9.16. The van der Waals surface area contributed by atoms with Gasteiger partial charge >= 0.3 is 6.18 Å². The summed E-state index contributed by atoms with van der Waals surface area (Å²) in [6.45, 7) is 71.0. The number of aromatic amines is 3. The fourth-order valence-corrected chi connectivity index (χ4v) is 8.00. The van der Waals surface area contributed by atoms with Crippen LogP contribution >= 0.6 is 0 Å². The third kappa shape index (κ3) is 31.4. The zero-order chi connectivity index (χ0) is 75.4. The Kier molecular flexibility index (Phi) is 30.5. The second-order valence-electron chi connectivity index (χ2n) is 33.4. The number of H-pyrrole nitrogens is 3. The number of aliphatic imine (C=N–C) groups is 2. The van der Waals surface area contributed by atoms with Crippen molar-refractivity contribution >= 4 is 17.6 Å². The van der Waals surface area contributed by atoms with Crippen LogP contribution in [0, 0.1) is 28.6 Å². The standard InChI is InChI=1S/C11H14N2.C10H12F3NO.C10H15N.C9H15N.C8H12N2O.C8H13NO.C8H13N.C7H12N2O.C5H10N4/c1-11(2,3)9-4-5-10-8(6-9)7-12-13-10;1-9(2,3)6-4-7(10(11,12)13)8(15)14-5-6;1-8-5-6-9(11-7-8)10(2,3)4;1-7-5-8(6-10-7)9(2,3)4;1-8(2,3)6-4-7(11)10-5-9-6;1-6-9-5-7(10-6)8(2,3)4;1-8(2,3)7-5-4-6-9-7;1-5-8-9-6(10-5)7(2,3)4;1-5(2,3)4-6-8-9-7-4/h4-6H,7H2,1-3H3;4-5H,1-3H3,(H,14,15);5-6H,1,7H2,2-4H3;6,10H,1,5H2,2-4H3;4-5H,1-3H3,(H,9,10,11);5,9H,1H2,2-4H3;5-6H,4H2,1-3H3;1-4H3;1-3H3,(H,6,7,8,9). The average molecular weight is 1360 g/mol. The van der Waals surface area contributed by atoms with Crippen LogP contribution in [0.2, 0.25) is 0 Å². The third-order valence-electron chi connectivity index (χ3n) is 14.3. The first-order chi connectivity index (χ1) is 44.4. The molecule has 0 bridgehead atoms. The Morgan fingerprint density at radius 2 is 1.22 bits per heavy atom. The van der Waals surface area contributed by atoms with Gasteiger partial charge in [0.15, 0.2) is 11.7 Å². The van der Waals surface area contributed by atoms with Crippen molar-refractivity contribution in [3.63, 3.8) is 0 Å². The molecular weight excluding hydrogens is 1240 g/mol. The van der Waals surface area contributed by atoms with Crippen LogP contribution in [-0.2, 0) is 44.5 Å². The molecule has 98 heavy (non-hydrogen) atoms. The second-order valence-corrected chi connectivity index (χ2v) is 33.4. The number of ether oxygens (including phenoxy) is 1. The summed E-state index contributed by atoms with van der Waals surface area (Å²) >= 11 is 0. The molecular formula is C76H116F3N15O4. The van der Waals surface area contributed by atoms with Crippen LogP contribution in [0.15, 0.2) is 162 Å². The smallest absolute Gasteiger partial charge is 0.421 e. The summed E-state index contributed by atoms with van der Waals surface area (Å²) < 4.78 is 47.7. The lowest BCUT2D eigenvalue weighted by atomic mass is 9.86. The van der Waals surface area contributed by atoms with E-state index in [4.69, 9.17) is 9.15 Å². The quantitative estimate of drug-likeness (QED) is 0.0970. The zero-order valence-corrected chi connectivity index (χ0v) is 64.2. The van der Waals surface area contributed by atoms with Gasteiger partial charge in [0.25, 0.3) is 11.1 Å². The Morgan fingerprint density at radius 1 is 0.602 bits per heavy atom. The lowest BCUT2D eigenvalue weighted by Crippen LogP contribution is -2.24. The Bertz CT molecular complexity index is 3720. The molecule has 540 valence electrons. The van der Waals surface area contributed by atoms with E-state index in [-0.39, 0.29) is 43.5 Å². The number of dihydropyridines is 1. The highest BCUT2D eigenvalue weighted by atomic mass is 19.4. The highest BCUT2D eigenvalue weighted by molar-refractivity contribution is 6.00. The third-order valence-corrected chi connectivity index (χ3v) is 14.3. The molecule has 0 spiro atoms. The predicted octanol–water partition coefficient (Wildman–Crippen LogP) is 18.9. The monoisotopic (exact) mass is 1360 g/mol. The summed E-state index contributed by atoms with van der Waals surface area (Å²) in [7, 11) is 0. The molecule has 4 aromatic heterocycles. The van der Waals surface area contributed by atoms with E-state index in [0.717, 1.165) is 66.2 Å². The number of allylic oxidation sites excluding steroid dienone is 5. The van der Waals surface area contributed by atoms with Crippen LogP contribution in [0.25, 0.3) is 0 Å². The molecule has 0 unspecified atom stereocenters. The van der Waals surface area contributed by atoms with Crippen molar-refractivity contribution in [1.82, 2.24) is 56.4 Å². The van der Waals surface area contributed by atoms with Gasteiger partial charge in [-0.2, -0.15) is 28.6 Å². The van der Waals surface area contributed by atoms with Crippen molar-refractivity contribution in [3.8, 4) is 0 Å². The van der Waals surface area contributed by atoms with E-state index in [0.29, 0.717) is 28.6 Å². The SMILES string of the molecule is C=C1C=CC(C(C)(C)C)=NC1.C=C1CC(C(C)(C)C)=CN1.C=C1NC=C(C(C)(C)C)O1.CC(C)(C)C1=CCC=N1.CC(C)(C)c1c[nH]c(=O)c(C(F)(F)F)c1.CC(C)(C)c1cc(=O)[nH]cn1.CC(C)(C)c1ccc2c(c1)CN=N2.CC(C)(C)c1nn[nH]n1.Cc1nnc(C(C)(C)C)o1. The molecule has 5 aliphatic rings. The van der Waals surface area contributed by atoms with E-state index in [1.807, 2.05) is 80.8 Å².